The Hall–Kier alpha value is -1.39. The number of likely N-dealkylation sites (N-methyl/N-ethyl adjacent to an activating group) is 1. The minimum Gasteiger partial charge on any atom is -0.392 e. The number of aliphatic hydroxyl groups is 1. The molecule has 0 spiro atoms. The van der Waals surface area contributed by atoms with E-state index in [4.69, 9.17) is 0 Å². The number of carbonyl (C=O) groups excluding carboxylic acids is 1. The summed E-state index contributed by atoms with van der Waals surface area (Å²) in [6.07, 6.45) is 0.509. The van der Waals surface area contributed by atoms with Crippen LogP contribution in [0.3, 0.4) is 0 Å². The molecule has 104 valence electrons. The van der Waals surface area contributed by atoms with Gasteiger partial charge in [-0.05, 0) is 18.9 Å². The zero-order chi connectivity index (χ0) is 13.7. The van der Waals surface area contributed by atoms with Crippen molar-refractivity contribution in [2.75, 3.05) is 26.2 Å². The third kappa shape index (κ3) is 4.04. The molecule has 1 atom stereocenters. The van der Waals surface area contributed by atoms with Crippen molar-refractivity contribution in [3.05, 3.63) is 35.9 Å². The van der Waals surface area contributed by atoms with E-state index in [0.29, 0.717) is 26.2 Å². The molecule has 0 radical (unpaired) electrons. The first-order chi connectivity index (χ1) is 9.19. The highest BCUT2D eigenvalue weighted by Gasteiger charge is 2.23. The lowest BCUT2D eigenvalue weighted by atomic mass is 10.2. The summed E-state index contributed by atoms with van der Waals surface area (Å²) in [5, 5.41) is 9.48. The van der Waals surface area contributed by atoms with Crippen LogP contribution in [0.25, 0.3) is 0 Å². The Morgan fingerprint density at radius 3 is 2.74 bits per heavy atom. The number of rotatable bonds is 5. The second kappa shape index (κ2) is 6.68. The Morgan fingerprint density at radius 2 is 2.16 bits per heavy atom. The number of benzene rings is 1. The monoisotopic (exact) mass is 262 g/mol. The van der Waals surface area contributed by atoms with Gasteiger partial charge in [0.2, 0.25) is 5.91 Å². The van der Waals surface area contributed by atoms with E-state index in [2.05, 4.69) is 0 Å². The standard InChI is InChI=1S/C15H22N2O2/c1-2-17(10-13-6-4-3-5-7-13)15(19)12-16-9-8-14(18)11-16/h3-7,14,18H,2,8-12H2,1H3/t14-/m1/s1. The van der Waals surface area contributed by atoms with Gasteiger partial charge in [0.25, 0.3) is 0 Å². The number of carbonyl (C=O) groups is 1. The van der Waals surface area contributed by atoms with Gasteiger partial charge >= 0.3 is 0 Å². The Morgan fingerprint density at radius 1 is 1.42 bits per heavy atom. The molecule has 2 rings (SSSR count). The highest BCUT2D eigenvalue weighted by atomic mass is 16.3. The molecule has 1 heterocycles. The summed E-state index contributed by atoms with van der Waals surface area (Å²) in [7, 11) is 0. The van der Waals surface area contributed by atoms with Crippen molar-refractivity contribution in [1.29, 1.82) is 0 Å². The fourth-order valence-electron chi connectivity index (χ4n) is 2.43. The van der Waals surface area contributed by atoms with Crippen molar-refractivity contribution >= 4 is 5.91 Å². The van der Waals surface area contributed by atoms with Gasteiger partial charge < -0.3 is 10.0 Å². The quantitative estimate of drug-likeness (QED) is 0.864. The van der Waals surface area contributed by atoms with E-state index in [0.717, 1.165) is 18.5 Å². The van der Waals surface area contributed by atoms with E-state index in [1.54, 1.807) is 0 Å². The van der Waals surface area contributed by atoms with E-state index in [-0.39, 0.29) is 12.0 Å². The number of aliphatic hydroxyl groups excluding tert-OH is 1. The summed E-state index contributed by atoms with van der Waals surface area (Å²) >= 11 is 0. The fourth-order valence-corrected chi connectivity index (χ4v) is 2.43. The molecule has 1 aromatic rings. The van der Waals surface area contributed by atoms with Crippen LogP contribution >= 0.6 is 0 Å². The number of β-amino-alcohol motifs (C(OH)–C–C–N with tert-alkyl or cyclic N) is 1. The van der Waals surface area contributed by atoms with Gasteiger partial charge in [-0.3, -0.25) is 9.69 Å². The van der Waals surface area contributed by atoms with Crippen LogP contribution in [-0.4, -0.2) is 53.1 Å². The molecule has 1 amide bonds. The molecule has 1 N–H and O–H groups in total. The minimum absolute atomic E-state index is 0.139. The van der Waals surface area contributed by atoms with Crippen molar-refractivity contribution in [2.24, 2.45) is 0 Å². The molecule has 0 bridgehead atoms. The number of nitrogens with zero attached hydrogens (tertiary/aromatic N) is 2. The first kappa shape index (κ1) is 14.0. The molecule has 19 heavy (non-hydrogen) atoms. The topological polar surface area (TPSA) is 43.8 Å². The normalized spacial score (nSPS) is 19.6. The Bertz CT molecular complexity index is 408. The van der Waals surface area contributed by atoms with Crippen molar-refractivity contribution in [3.63, 3.8) is 0 Å². The molecule has 0 aliphatic carbocycles. The van der Waals surface area contributed by atoms with Crippen molar-refractivity contribution in [1.82, 2.24) is 9.80 Å². The molecule has 1 aromatic carbocycles. The maximum absolute atomic E-state index is 12.2. The van der Waals surface area contributed by atoms with Crippen molar-refractivity contribution < 1.29 is 9.90 Å². The van der Waals surface area contributed by atoms with E-state index in [1.807, 2.05) is 47.1 Å². The van der Waals surface area contributed by atoms with E-state index < -0.39 is 0 Å². The molecule has 0 unspecified atom stereocenters. The molecular formula is C15H22N2O2. The molecule has 1 fully saturated rings. The Labute approximate surface area is 114 Å². The third-order valence-corrected chi connectivity index (χ3v) is 3.56. The Balaban J connectivity index is 1.88. The third-order valence-electron chi connectivity index (χ3n) is 3.56. The zero-order valence-electron chi connectivity index (χ0n) is 11.5. The molecule has 4 nitrogen and oxygen atoms in total. The Kier molecular flexibility index (Phi) is 4.93. The average molecular weight is 262 g/mol. The second-order valence-corrected chi connectivity index (χ2v) is 5.07. The largest absolute Gasteiger partial charge is 0.392 e. The van der Waals surface area contributed by atoms with Crippen LogP contribution < -0.4 is 0 Å². The van der Waals surface area contributed by atoms with Gasteiger partial charge in [-0.2, -0.15) is 0 Å². The number of likely N-dealkylation sites (tertiary alicyclic amines) is 1. The van der Waals surface area contributed by atoms with Crippen LogP contribution in [0.4, 0.5) is 0 Å². The number of hydrogen-bond acceptors (Lipinski definition) is 3. The summed E-state index contributed by atoms with van der Waals surface area (Å²) < 4.78 is 0. The lowest BCUT2D eigenvalue weighted by molar-refractivity contribution is -0.132. The maximum atomic E-state index is 12.2. The molecule has 1 aliphatic rings. The molecule has 0 aromatic heterocycles. The second-order valence-electron chi connectivity index (χ2n) is 5.07. The number of amides is 1. The highest BCUT2D eigenvalue weighted by molar-refractivity contribution is 5.78. The van der Waals surface area contributed by atoms with Gasteiger partial charge in [0.1, 0.15) is 0 Å². The molecule has 1 saturated heterocycles. The van der Waals surface area contributed by atoms with Crippen LogP contribution in [0.1, 0.15) is 18.9 Å². The molecule has 0 saturated carbocycles. The summed E-state index contributed by atoms with van der Waals surface area (Å²) in [4.78, 5) is 16.1. The fraction of sp³-hybridized carbons (Fsp3) is 0.533. The lowest BCUT2D eigenvalue weighted by Crippen LogP contribution is -2.39. The van der Waals surface area contributed by atoms with Gasteiger partial charge in [-0.25, -0.2) is 0 Å². The van der Waals surface area contributed by atoms with Gasteiger partial charge in [-0.1, -0.05) is 30.3 Å². The summed E-state index contributed by atoms with van der Waals surface area (Å²) in [5.41, 5.74) is 1.15. The van der Waals surface area contributed by atoms with Crippen LogP contribution in [0, 0.1) is 0 Å². The smallest absolute Gasteiger partial charge is 0.237 e. The highest BCUT2D eigenvalue weighted by Crippen LogP contribution is 2.10. The molecule has 1 aliphatic heterocycles. The van der Waals surface area contributed by atoms with Crippen LogP contribution in [-0.2, 0) is 11.3 Å². The predicted molar refractivity (Wildman–Crippen MR) is 74.6 cm³/mol. The maximum Gasteiger partial charge on any atom is 0.237 e. The minimum atomic E-state index is -0.267. The van der Waals surface area contributed by atoms with E-state index >= 15 is 0 Å². The van der Waals surface area contributed by atoms with Crippen LogP contribution in [0.2, 0.25) is 0 Å². The van der Waals surface area contributed by atoms with Crippen LogP contribution in [0.15, 0.2) is 30.3 Å². The van der Waals surface area contributed by atoms with E-state index in [9.17, 15) is 9.90 Å². The summed E-state index contributed by atoms with van der Waals surface area (Å²) in [6, 6.07) is 10.0. The van der Waals surface area contributed by atoms with E-state index in [1.165, 1.54) is 0 Å². The predicted octanol–water partition coefficient (Wildman–Crippen LogP) is 1.10. The SMILES string of the molecule is CCN(Cc1ccccc1)C(=O)CN1CC[C@@H](O)C1. The average Bonchev–Trinajstić information content (AvgIpc) is 2.82. The molecule has 4 heteroatoms. The first-order valence-corrected chi connectivity index (χ1v) is 6.91. The van der Waals surface area contributed by atoms with Crippen molar-refractivity contribution in [3.8, 4) is 0 Å². The van der Waals surface area contributed by atoms with Gasteiger partial charge in [0, 0.05) is 26.2 Å². The lowest BCUT2D eigenvalue weighted by Gasteiger charge is -2.24. The van der Waals surface area contributed by atoms with Gasteiger partial charge in [-0.15, -0.1) is 0 Å². The van der Waals surface area contributed by atoms with Crippen LogP contribution in [0.5, 0.6) is 0 Å². The van der Waals surface area contributed by atoms with Gasteiger partial charge in [0.05, 0.1) is 12.6 Å². The summed E-state index contributed by atoms with van der Waals surface area (Å²) in [6.45, 7) is 5.22. The summed E-state index contributed by atoms with van der Waals surface area (Å²) in [5.74, 6) is 0.139. The molecular weight excluding hydrogens is 240 g/mol. The number of hydrogen-bond donors (Lipinski definition) is 1. The zero-order valence-corrected chi connectivity index (χ0v) is 11.5. The van der Waals surface area contributed by atoms with Crippen molar-refractivity contribution in [2.45, 2.75) is 26.0 Å². The van der Waals surface area contributed by atoms with Gasteiger partial charge in [0.15, 0.2) is 0 Å². The first-order valence-electron chi connectivity index (χ1n) is 6.91.